The number of benzene rings is 1. The number of rotatable bonds is 4. The third-order valence-corrected chi connectivity index (χ3v) is 2.14. The van der Waals surface area contributed by atoms with Gasteiger partial charge in [0.2, 0.25) is 0 Å². The maximum Gasteiger partial charge on any atom is 0.346 e. The lowest BCUT2D eigenvalue weighted by molar-refractivity contribution is -0.149. The predicted molar refractivity (Wildman–Crippen MR) is 59.9 cm³/mol. The average molecular weight is 238 g/mol. The molecule has 1 aromatic carbocycles. The molecule has 0 aliphatic heterocycles. The van der Waals surface area contributed by atoms with Crippen LogP contribution in [0.3, 0.4) is 0 Å². The Bertz CT molecular complexity index is 396. The zero-order chi connectivity index (χ0) is 12.8. The van der Waals surface area contributed by atoms with Crippen molar-refractivity contribution < 1.29 is 23.8 Å². The summed E-state index contributed by atoms with van der Waals surface area (Å²) in [5.41, 5.74) is 0.349. The number of carbonyl (C=O) groups excluding carboxylic acids is 2. The van der Waals surface area contributed by atoms with Crippen LogP contribution in [0.1, 0.15) is 17.3 Å². The Morgan fingerprint density at radius 3 is 2.18 bits per heavy atom. The minimum Gasteiger partial charge on any atom is -0.497 e. The van der Waals surface area contributed by atoms with E-state index in [2.05, 4.69) is 4.74 Å². The standard InChI is InChI=1S/C12H14O5/c1-8(11(13)16-3)17-12(14)9-4-6-10(15-2)7-5-9/h4-8H,1-3H3/t8-/m0/s1. The van der Waals surface area contributed by atoms with E-state index in [1.165, 1.54) is 21.1 Å². The van der Waals surface area contributed by atoms with Crippen LogP contribution < -0.4 is 4.74 Å². The van der Waals surface area contributed by atoms with Crippen LogP contribution in [0.15, 0.2) is 24.3 Å². The molecule has 0 spiro atoms. The summed E-state index contributed by atoms with van der Waals surface area (Å²) >= 11 is 0. The number of carbonyl (C=O) groups is 2. The Labute approximate surface area is 99.3 Å². The Kier molecular flexibility index (Phi) is 4.51. The van der Waals surface area contributed by atoms with E-state index in [1.54, 1.807) is 24.3 Å². The van der Waals surface area contributed by atoms with Crippen molar-refractivity contribution in [2.24, 2.45) is 0 Å². The molecule has 0 heterocycles. The lowest BCUT2D eigenvalue weighted by Gasteiger charge is -2.10. The molecule has 92 valence electrons. The van der Waals surface area contributed by atoms with Gasteiger partial charge in [-0.3, -0.25) is 0 Å². The number of esters is 2. The Balaban J connectivity index is 2.66. The van der Waals surface area contributed by atoms with E-state index in [9.17, 15) is 9.59 Å². The van der Waals surface area contributed by atoms with E-state index >= 15 is 0 Å². The van der Waals surface area contributed by atoms with E-state index in [0.29, 0.717) is 11.3 Å². The fourth-order valence-corrected chi connectivity index (χ4v) is 1.17. The quantitative estimate of drug-likeness (QED) is 0.742. The van der Waals surface area contributed by atoms with Crippen molar-refractivity contribution in [2.45, 2.75) is 13.0 Å². The summed E-state index contributed by atoms with van der Waals surface area (Å²) in [5.74, 6) is -0.528. The zero-order valence-corrected chi connectivity index (χ0v) is 9.93. The third kappa shape index (κ3) is 3.48. The Hall–Kier alpha value is -2.04. The molecule has 17 heavy (non-hydrogen) atoms. The van der Waals surface area contributed by atoms with E-state index < -0.39 is 18.0 Å². The van der Waals surface area contributed by atoms with Crippen LogP contribution in [-0.4, -0.2) is 32.3 Å². The van der Waals surface area contributed by atoms with E-state index in [1.807, 2.05) is 0 Å². The molecule has 0 saturated heterocycles. The molecule has 0 aliphatic rings. The number of hydrogen-bond acceptors (Lipinski definition) is 5. The van der Waals surface area contributed by atoms with Gasteiger partial charge >= 0.3 is 11.9 Å². The lowest BCUT2D eigenvalue weighted by Crippen LogP contribution is -2.25. The van der Waals surface area contributed by atoms with Crippen LogP contribution in [0.2, 0.25) is 0 Å². The van der Waals surface area contributed by atoms with E-state index in [0.717, 1.165) is 0 Å². The highest BCUT2D eigenvalue weighted by Gasteiger charge is 2.19. The molecule has 1 aromatic rings. The molecular formula is C12H14O5. The van der Waals surface area contributed by atoms with Crippen LogP contribution in [0.4, 0.5) is 0 Å². The SMILES string of the molecule is COC(=O)[C@H](C)OC(=O)c1ccc(OC)cc1. The highest BCUT2D eigenvalue weighted by atomic mass is 16.6. The molecule has 0 amide bonds. The molecule has 0 aromatic heterocycles. The highest BCUT2D eigenvalue weighted by Crippen LogP contribution is 2.12. The smallest absolute Gasteiger partial charge is 0.346 e. The molecule has 0 fully saturated rings. The van der Waals surface area contributed by atoms with Gasteiger partial charge in [-0.1, -0.05) is 0 Å². The summed E-state index contributed by atoms with van der Waals surface area (Å²) in [7, 11) is 2.77. The molecule has 0 radical (unpaired) electrons. The van der Waals surface area contributed by atoms with Crippen LogP contribution >= 0.6 is 0 Å². The summed E-state index contributed by atoms with van der Waals surface area (Å²) in [6.45, 7) is 1.45. The molecule has 0 N–H and O–H groups in total. The van der Waals surface area contributed by atoms with Gasteiger partial charge in [0.15, 0.2) is 6.10 Å². The van der Waals surface area contributed by atoms with Gasteiger partial charge in [0.1, 0.15) is 5.75 Å². The fraction of sp³-hybridized carbons (Fsp3) is 0.333. The topological polar surface area (TPSA) is 61.8 Å². The minimum absolute atomic E-state index is 0.349. The minimum atomic E-state index is -0.922. The summed E-state index contributed by atoms with van der Waals surface area (Å²) in [4.78, 5) is 22.7. The Morgan fingerprint density at radius 2 is 1.71 bits per heavy atom. The molecule has 0 aliphatic carbocycles. The first-order chi connectivity index (χ1) is 8.08. The van der Waals surface area contributed by atoms with E-state index in [4.69, 9.17) is 9.47 Å². The second kappa shape index (κ2) is 5.89. The van der Waals surface area contributed by atoms with Gasteiger partial charge < -0.3 is 14.2 Å². The van der Waals surface area contributed by atoms with Gasteiger partial charge in [-0.2, -0.15) is 0 Å². The van der Waals surface area contributed by atoms with Gasteiger partial charge in [-0.15, -0.1) is 0 Å². The lowest BCUT2D eigenvalue weighted by atomic mass is 10.2. The summed E-state index contributed by atoms with van der Waals surface area (Å²) in [6, 6.07) is 6.40. The van der Waals surface area contributed by atoms with E-state index in [-0.39, 0.29) is 0 Å². The van der Waals surface area contributed by atoms with Crippen molar-refractivity contribution in [3.8, 4) is 5.75 Å². The first kappa shape index (κ1) is 13.0. The number of methoxy groups -OCH3 is 2. The summed E-state index contributed by atoms with van der Waals surface area (Å²) in [6.07, 6.45) is -0.922. The molecule has 0 saturated carbocycles. The maximum atomic E-state index is 11.6. The second-order valence-corrected chi connectivity index (χ2v) is 3.30. The number of ether oxygens (including phenoxy) is 3. The molecular weight excluding hydrogens is 224 g/mol. The monoisotopic (exact) mass is 238 g/mol. The average Bonchev–Trinajstić information content (AvgIpc) is 2.37. The molecule has 5 nitrogen and oxygen atoms in total. The molecule has 0 bridgehead atoms. The van der Waals surface area contributed by atoms with Gasteiger partial charge in [-0.25, -0.2) is 9.59 Å². The predicted octanol–water partition coefficient (Wildman–Crippen LogP) is 1.41. The van der Waals surface area contributed by atoms with Crippen LogP contribution in [0, 0.1) is 0 Å². The molecule has 0 unspecified atom stereocenters. The van der Waals surface area contributed by atoms with Gasteiger partial charge in [-0.05, 0) is 31.2 Å². The second-order valence-electron chi connectivity index (χ2n) is 3.30. The molecule has 1 rings (SSSR count). The van der Waals surface area contributed by atoms with Gasteiger partial charge in [0, 0.05) is 0 Å². The summed E-state index contributed by atoms with van der Waals surface area (Å²) < 4.78 is 14.3. The van der Waals surface area contributed by atoms with Crippen molar-refractivity contribution in [2.75, 3.05) is 14.2 Å². The Morgan fingerprint density at radius 1 is 1.12 bits per heavy atom. The fourth-order valence-electron chi connectivity index (χ4n) is 1.17. The van der Waals surface area contributed by atoms with Crippen molar-refractivity contribution >= 4 is 11.9 Å². The van der Waals surface area contributed by atoms with Crippen LogP contribution in [0.25, 0.3) is 0 Å². The first-order valence-electron chi connectivity index (χ1n) is 5.01. The zero-order valence-electron chi connectivity index (χ0n) is 9.93. The van der Waals surface area contributed by atoms with Crippen LogP contribution in [-0.2, 0) is 14.3 Å². The highest BCUT2D eigenvalue weighted by molar-refractivity contribution is 5.91. The van der Waals surface area contributed by atoms with Crippen molar-refractivity contribution in [3.63, 3.8) is 0 Å². The van der Waals surface area contributed by atoms with Gasteiger partial charge in [0.05, 0.1) is 19.8 Å². The van der Waals surface area contributed by atoms with Crippen LogP contribution in [0.5, 0.6) is 5.75 Å². The van der Waals surface area contributed by atoms with Crippen molar-refractivity contribution in [1.29, 1.82) is 0 Å². The summed E-state index contributed by atoms with van der Waals surface area (Å²) in [5, 5.41) is 0. The molecule has 1 atom stereocenters. The largest absolute Gasteiger partial charge is 0.497 e. The normalized spacial score (nSPS) is 11.5. The molecule has 5 heteroatoms. The van der Waals surface area contributed by atoms with Gasteiger partial charge in [0.25, 0.3) is 0 Å². The maximum absolute atomic E-state index is 11.6. The van der Waals surface area contributed by atoms with Crippen molar-refractivity contribution in [1.82, 2.24) is 0 Å². The first-order valence-corrected chi connectivity index (χ1v) is 5.01. The van der Waals surface area contributed by atoms with Crippen molar-refractivity contribution in [3.05, 3.63) is 29.8 Å². The third-order valence-electron chi connectivity index (χ3n) is 2.14. The number of hydrogen-bond donors (Lipinski definition) is 0.